The van der Waals surface area contributed by atoms with Crippen LogP contribution >= 0.6 is 23.1 Å². The van der Waals surface area contributed by atoms with Crippen molar-refractivity contribution in [3.05, 3.63) is 72.0 Å². The van der Waals surface area contributed by atoms with E-state index in [0.29, 0.717) is 40.3 Å². The summed E-state index contributed by atoms with van der Waals surface area (Å²) in [6.07, 6.45) is 1.75. The Morgan fingerprint density at radius 2 is 1.94 bits per heavy atom. The van der Waals surface area contributed by atoms with Gasteiger partial charge in [0.15, 0.2) is 22.5 Å². The molecule has 0 aliphatic rings. The fraction of sp³-hybridized carbons (Fsp3) is 0.174. The maximum absolute atomic E-state index is 14.3. The Labute approximate surface area is 193 Å². The Kier molecular flexibility index (Phi) is 6.87. The second-order valence-corrected chi connectivity index (χ2v) is 8.49. The average molecular weight is 469 g/mol. The highest BCUT2D eigenvalue weighted by molar-refractivity contribution is 7.98. The first-order chi connectivity index (χ1) is 15.6. The number of methoxy groups -OCH3 is 2. The molecular formula is C23H21FN4O2S2. The SMILES string of the molecule is C=CCn1c(SCc2csc(-c3ccc(OC)c(OC)c3)n2)nnc1-c1ccccc1F. The van der Waals surface area contributed by atoms with E-state index in [0.717, 1.165) is 16.3 Å². The number of thiazole rings is 1. The molecular weight excluding hydrogens is 447 g/mol. The lowest BCUT2D eigenvalue weighted by Crippen LogP contribution is -2.01. The fourth-order valence-corrected chi connectivity index (χ4v) is 4.91. The molecule has 0 amide bonds. The molecule has 2 aromatic heterocycles. The zero-order chi connectivity index (χ0) is 22.5. The van der Waals surface area contributed by atoms with E-state index in [4.69, 9.17) is 14.5 Å². The van der Waals surface area contributed by atoms with Crippen LogP contribution in [0.1, 0.15) is 5.69 Å². The summed E-state index contributed by atoms with van der Waals surface area (Å²) < 4.78 is 26.8. The molecule has 0 N–H and O–H groups in total. The van der Waals surface area contributed by atoms with E-state index in [1.165, 1.54) is 17.8 Å². The zero-order valence-electron chi connectivity index (χ0n) is 17.6. The highest BCUT2D eigenvalue weighted by Crippen LogP contribution is 2.34. The summed E-state index contributed by atoms with van der Waals surface area (Å²) in [6, 6.07) is 12.3. The standard InChI is InChI=1S/C23H21FN4O2S2/c1-4-11-28-21(17-7-5-6-8-18(17)24)26-27-23(28)32-14-16-13-31-22(25-16)15-9-10-19(29-2)20(12-15)30-3/h4-10,12-13H,1,11,14H2,2-3H3. The summed E-state index contributed by atoms with van der Waals surface area (Å²) in [4.78, 5) is 4.74. The number of halogens is 1. The molecule has 0 aliphatic heterocycles. The van der Waals surface area contributed by atoms with E-state index in [1.54, 1.807) is 49.8 Å². The van der Waals surface area contributed by atoms with Crippen LogP contribution in [0.25, 0.3) is 22.0 Å². The molecule has 0 bridgehead atoms. The Morgan fingerprint density at radius 1 is 1.12 bits per heavy atom. The van der Waals surface area contributed by atoms with Crippen molar-refractivity contribution in [2.75, 3.05) is 14.2 Å². The summed E-state index contributed by atoms with van der Waals surface area (Å²) in [7, 11) is 3.22. The van der Waals surface area contributed by atoms with Crippen molar-refractivity contribution in [3.8, 4) is 33.5 Å². The van der Waals surface area contributed by atoms with Crippen LogP contribution in [0.15, 0.2) is 65.7 Å². The summed E-state index contributed by atoms with van der Waals surface area (Å²) in [5, 5.41) is 12.1. The van der Waals surface area contributed by atoms with E-state index in [1.807, 2.05) is 28.1 Å². The van der Waals surface area contributed by atoms with Gasteiger partial charge in [-0.3, -0.25) is 4.57 Å². The number of ether oxygens (including phenoxy) is 2. The third kappa shape index (κ3) is 4.53. The van der Waals surface area contributed by atoms with Crippen LogP contribution in [0.3, 0.4) is 0 Å². The molecule has 0 atom stereocenters. The second kappa shape index (κ2) is 9.97. The number of allylic oxidation sites excluding steroid dienone is 1. The number of nitrogens with zero attached hydrogens (tertiary/aromatic N) is 4. The summed E-state index contributed by atoms with van der Waals surface area (Å²) in [5.41, 5.74) is 2.30. The minimum absolute atomic E-state index is 0.333. The number of rotatable bonds is 9. The van der Waals surface area contributed by atoms with Gasteiger partial charge in [0, 0.05) is 23.2 Å². The predicted molar refractivity (Wildman–Crippen MR) is 126 cm³/mol. The molecule has 0 saturated carbocycles. The van der Waals surface area contributed by atoms with E-state index in [2.05, 4.69) is 16.8 Å². The summed E-state index contributed by atoms with van der Waals surface area (Å²) in [5.74, 6) is 2.09. The highest BCUT2D eigenvalue weighted by atomic mass is 32.2. The number of benzene rings is 2. The molecule has 32 heavy (non-hydrogen) atoms. The van der Waals surface area contributed by atoms with Gasteiger partial charge in [-0.2, -0.15) is 0 Å². The number of aromatic nitrogens is 4. The first kappa shape index (κ1) is 22.0. The van der Waals surface area contributed by atoms with Crippen molar-refractivity contribution in [1.29, 1.82) is 0 Å². The molecule has 2 aromatic carbocycles. The predicted octanol–water partition coefficient (Wildman–Crippen LogP) is 5.70. The van der Waals surface area contributed by atoms with Gasteiger partial charge in [-0.25, -0.2) is 9.37 Å². The van der Waals surface area contributed by atoms with Crippen LogP contribution in [0.4, 0.5) is 4.39 Å². The van der Waals surface area contributed by atoms with Gasteiger partial charge >= 0.3 is 0 Å². The maximum atomic E-state index is 14.3. The average Bonchev–Trinajstić information content (AvgIpc) is 3.45. The maximum Gasteiger partial charge on any atom is 0.192 e. The van der Waals surface area contributed by atoms with E-state index in [9.17, 15) is 4.39 Å². The Balaban J connectivity index is 1.53. The van der Waals surface area contributed by atoms with Crippen LogP contribution in [-0.4, -0.2) is 34.0 Å². The zero-order valence-corrected chi connectivity index (χ0v) is 19.3. The third-order valence-corrected chi connectivity index (χ3v) is 6.62. The molecule has 4 aromatic rings. The molecule has 0 fully saturated rings. The van der Waals surface area contributed by atoms with Gasteiger partial charge in [0.1, 0.15) is 10.8 Å². The Hall–Kier alpha value is -3.17. The largest absolute Gasteiger partial charge is 0.493 e. The van der Waals surface area contributed by atoms with Gasteiger partial charge < -0.3 is 9.47 Å². The van der Waals surface area contributed by atoms with Crippen molar-refractivity contribution in [2.24, 2.45) is 0 Å². The second-order valence-electron chi connectivity index (χ2n) is 6.69. The van der Waals surface area contributed by atoms with Crippen LogP contribution < -0.4 is 9.47 Å². The lowest BCUT2D eigenvalue weighted by molar-refractivity contribution is 0.355. The lowest BCUT2D eigenvalue weighted by atomic mass is 10.2. The summed E-state index contributed by atoms with van der Waals surface area (Å²) >= 11 is 3.06. The smallest absolute Gasteiger partial charge is 0.192 e. The molecule has 0 spiro atoms. The van der Waals surface area contributed by atoms with Gasteiger partial charge in [-0.1, -0.05) is 30.0 Å². The number of hydrogen-bond donors (Lipinski definition) is 0. The van der Waals surface area contributed by atoms with Crippen LogP contribution in [0.2, 0.25) is 0 Å². The van der Waals surface area contributed by atoms with Crippen LogP contribution in [-0.2, 0) is 12.3 Å². The van der Waals surface area contributed by atoms with Gasteiger partial charge in [0.25, 0.3) is 0 Å². The van der Waals surface area contributed by atoms with Gasteiger partial charge in [0.05, 0.1) is 25.5 Å². The van der Waals surface area contributed by atoms with Crippen LogP contribution in [0.5, 0.6) is 11.5 Å². The lowest BCUT2D eigenvalue weighted by Gasteiger charge is -2.08. The fourth-order valence-electron chi connectivity index (χ4n) is 3.14. The first-order valence-electron chi connectivity index (χ1n) is 9.73. The molecule has 0 radical (unpaired) electrons. The van der Waals surface area contributed by atoms with E-state index in [-0.39, 0.29) is 5.82 Å². The Morgan fingerprint density at radius 3 is 2.69 bits per heavy atom. The van der Waals surface area contributed by atoms with E-state index >= 15 is 0 Å². The molecule has 9 heteroatoms. The highest BCUT2D eigenvalue weighted by Gasteiger charge is 2.17. The van der Waals surface area contributed by atoms with Crippen molar-refractivity contribution in [2.45, 2.75) is 17.5 Å². The molecule has 4 rings (SSSR count). The van der Waals surface area contributed by atoms with Crippen LogP contribution in [0, 0.1) is 5.82 Å². The third-order valence-electron chi connectivity index (χ3n) is 4.67. The monoisotopic (exact) mass is 468 g/mol. The molecule has 0 unspecified atom stereocenters. The van der Waals surface area contributed by atoms with Crippen molar-refractivity contribution < 1.29 is 13.9 Å². The molecule has 0 aliphatic carbocycles. The number of hydrogen-bond acceptors (Lipinski definition) is 7. The quantitative estimate of drug-likeness (QED) is 0.232. The van der Waals surface area contributed by atoms with Gasteiger partial charge in [-0.05, 0) is 30.3 Å². The van der Waals surface area contributed by atoms with Gasteiger partial charge in [0.2, 0.25) is 0 Å². The van der Waals surface area contributed by atoms with Crippen molar-refractivity contribution >= 4 is 23.1 Å². The minimum atomic E-state index is -0.333. The molecule has 0 saturated heterocycles. The molecule has 2 heterocycles. The number of thioether (sulfide) groups is 1. The Bertz CT molecular complexity index is 1240. The molecule has 164 valence electrons. The van der Waals surface area contributed by atoms with Gasteiger partial charge in [-0.15, -0.1) is 28.1 Å². The first-order valence-corrected chi connectivity index (χ1v) is 11.6. The topological polar surface area (TPSA) is 62.1 Å². The summed E-state index contributed by atoms with van der Waals surface area (Å²) in [6.45, 7) is 4.29. The minimum Gasteiger partial charge on any atom is -0.493 e. The van der Waals surface area contributed by atoms with Crippen molar-refractivity contribution in [3.63, 3.8) is 0 Å². The molecule has 6 nitrogen and oxygen atoms in total. The normalized spacial score (nSPS) is 10.8. The van der Waals surface area contributed by atoms with Crippen molar-refractivity contribution in [1.82, 2.24) is 19.7 Å². The van der Waals surface area contributed by atoms with E-state index < -0.39 is 0 Å².